The van der Waals surface area contributed by atoms with Gasteiger partial charge in [0.05, 0.1) is 25.3 Å². The number of carbonyl (C=O) groups is 1. The predicted octanol–water partition coefficient (Wildman–Crippen LogP) is 6.20. The second-order valence-corrected chi connectivity index (χ2v) is 8.44. The third kappa shape index (κ3) is 5.04. The number of halogens is 2. The summed E-state index contributed by atoms with van der Waals surface area (Å²) in [6.07, 6.45) is 0.605. The average molecular weight is 503 g/mol. The van der Waals surface area contributed by atoms with Crippen molar-refractivity contribution in [2.45, 2.75) is 19.0 Å². The van der Waals surface area contributed by atoms with Gasteiger partial charge in [-0.2, -0.15) is 8.78 Å². The zero-order valence-electron chi connectivity index (χ0n) is 20.6. The Hall–Kier alpha value is -4.23. The van der Waals surface area contributed by atoms with E-state index in [4.69, 9.17) is 15.2 Å². The quantitative estimate of drug-likeness (QED) is 0.200. The Bertz CT molecular complexity index is 1380. The van der Waals surface area contributed by atoms with Gasteiger partial charge in [0.2, 0.25) is 0 Å². The van der Waals surface area contributed by atoms with Crippen LogP contribution in [0.5, 0.6) is 11.5 Å². The number of alkyl halides is 2. The summed E-state index contributed by atoms with van der Waals surface area (Å²) in [7, 11) is 2.61. The van der Waals surface area contributed by atoms with Crippen LogP contribution in [0, 0.1) is 0 Å². The second kappa shape index (κ2) is 11.2. The number of hydrogen-bond donors (Lipinski definition) is 2. The van der Waals surface area contributed by atoms with E-state index in [-0.39, 0.29) is 34.7 Å². The minimum Gasteiger partial charge on any atom is -0.492 e. The Morgan fingerprint density at radius 3 is 2.03 bits per heavy atom. The summed E-state index contributed by atoms with van der Waals surface area (Å²) >= 11 is 0. The molecular formula is C30H28F2N2O3. The summed E-state index contributed by atoms with van der Waals surface area (Å²) in [4.78, 5) is 12.4. The number of nitrogen functional groups attached to an aromatic ring is 1. The molecule has 4 aromatic rings. The SMILES string of the molecule is COc1c(C=O)c(CNCc2ccccc2)c(-c2ccccc2N)c(C(F)(F)c2ccccc2)c1OC. The van der Waals surface area contributed by atoms with E-state index >= 15 is 8.78 Å². The van der Waals surface area contributed by atoms with Crippen LogP contribution in [-0.2, 0) is 19.0 Å². The molecular weight excluding hydrogens is 474 g/mol. The lowest BCUT2D eigenvalue weighted by molar-refractivity contribution is 0.0402. The van der Waals surface area contributed by atoms with Crippen LogP contribution in [0.25, 0.3) is 11.1 Å². The topological polar surface area (TPSA) is 73.6 Å². The fourth-order valence-electron chi connectivity index (χ4n) is 4.52. The van der Waals surface area contributed by atoms with E-state index in [1.807, 2.05) is 30.3 Å². The number of methoxy groups -OCH3 is 2. The zero-order chi connectivity index (χ0) is 26.4. The first-order valence-corrected chi connectivity index (χ1v) is 11.7. The zero-order valence-corrected chi connectivity index (χ0v) is 20.6. The molecule has 7 heteroatoms. The number of anilines is 1. The summed E-state index contributed by atoms with van der Waals surface area (Å²) in [6.45, 7) is 0.562. The van der Waals surface area contributed by atoms with Gasteiger partial charge in [0, 0.05) is 35.5 Å². The lowest BCUT2D eigenvalue weighted by Crippen LogP contribution is -2.23. The van der Waals surface area contributed by atoms with E-state index in [1.165, 1.54) is 26.4 Å². The summed E-state index contributed by atoms with van der Waals surface area (Å²) in [6, 6.07) is 23.9. The number of rotatable bonds is 10. The Morgan fingerprint density at radius 2 is 1.43 bits per heavy atom. The molecule has 0 aliphatic rings. The molecule has 0 bridgehead atoms. The molecule has 0 atom stereocenters. The van der Waals surface area contributed by atoms with Crippen molar-refractivity contribution in [2.24, 2.45) is 0 Å². The molecule has 5 nitrogen and oxygen atoms in total. The van der Waals surface area contributed by atoms with Gasteiger partial charge < -0.3 is 20.5 Å². The molecule has 0 saturated carbocycles. The standard InChI is InChI=1S/C30H28F2N2O3/c1-36-28-24(19-35)23(18-34-17-20-11-5-3-6-12-20)26(22-15-9-10-16-25(22)33)27(29(28)37-2)30(31,32)21-13-7-4-8-14-21/h3-16,19,34H,17-18,33H2,1-2H3. The van der Waals surface area contributed by atoms with E-state index in [2.05, 4.69) is 5.32 Å². The average Bonchev–Trinajstić information content (AvgIpc) is 2.93. The van der Waals surface area contributed by atoms with Crippen LogP contribution >= 0.6 is 0 Å². The van der Waals surface area contributed by atoms with Gasteiger partial charge in [-0.25, -0.2) is 0 Å². The number of nitrogens with two attached hydrogens (primary N) is 1. The first-order valence-electron chi connectivity index (χ1n) is 11.7. The Labute approximate surface area is 214 Å². The number of aldehydes is 1. The lowest BCUT2D eigenvalue weighted by Gasteiger charge is -2.28. The van der Waals surface area contributed by atoms with Crippen molar-refractivity contribution in [1.82, 2.24) is 5.32 Å². The fourth-order valence-corrected chi connectivity index (χ4v) is 4.52. The van der Waals surface area contributed by atoms with E-state index in [0.717, 1.165) is 5.56 Å². The highest BCUT2D eigenvalue weighted by molar-refractivity contribution is 5.94. The molecule has 0 spiro atoms. The van der Waals surface area contributed by atoms with Crippen LogP contribution in [0.3, 0.4) is 0 Å². The van der Waals surface area contributed by atoms with Crippen LogP contribution in [-0.4, -0.2) is 20.5 Å². The molecule has 0 amide bonds. The minimum atomic E-state index is -3.51. The third-order valence-electron chi connectivity index (χ3n) is 6.24. The Morgan fingerprint density at radius 1 is 0.838 bits per heavy atom. The molecule has 3 N–H and O–H groups in total. The normalized spacial score (nSPS) is 11.2. The van der Waals surface area contributed by atoms with Gasteiger partial charge in [-0.05, 0) is 17.2 Å². The number of para-hydroxylation sites is 1. The van der Waals surface area contributed by atoms with Crippen molar-refractivity contribution in [3.63, 3.8) is 0 Å². The molecule has 0 saturated heterocycles. The molecule has 0 radical (unpaired) electrons. The maximum Gasteiger partial charge on any atom is 0.302 e. The second-order valence-electron chi connectivity index (χ2n) is 8.44. The fraction of sp³-hybridized carbons (Fsp3) is 0.167. The smallest absolute Gasteiger partial charge is 0.302 e. The van der Waals surface area contributed by atoms with Crippen LogP contribution in [0.1, 0.15) is 32.6 Å². The number of benzene rings is 4. The van der Waals surface area contributed by atoms with Gasteiger partial charge in [0.15, 0.2) is 17.8 Å². The van der Waals surface area contributed by atoms with Gasteiger partial charge in [0.25, 0.3) is 0 Å². The summed E-state index contributed by atoms with van der Waals surface area (Å²) in [5.74, 6) is -3.78. The van der Waals surface area contributed by atoms with Crippen molar-refractivity contribution < 1.29 is 23.0 Å². The maximum atomic E-state index is 16.4. The van der Waals surface area contributed by atoms with Gasteiger partial charge in [0.1, 0.15) is 0 Å². The van der Waals surface area contributed by atoms with E-state index in [9.17, 15) is 4.79 Å². The molecule has 0 fully saturated rings. The van der Waals surface area contributed by atoms with Gasteiger partial charge in [-0.15, -0.1) is 0 Å². The highest BCUT2D eigenvalue weighted by Gasteiger charge is 2.43. The largest absolute Gasteiger partial charge is 0.492 e. The Balaban J connectivity index is 2.03. The predicted molar refractivity (Wildman–Crippen MR) is 141 cm³/mol. The number of carbonyl (C=O) groups excluding carboxylic acids is 1. The highest BCUT2D eigenvalue weighted by atomic mass is 19.3. The molecule has 0 aliphatic heterocycles. The minimum absolute atomic E-state index is 0.0575. The summed E-state index contributed by atoms with van der Waals surface area (Å²) in [5, 5.41) is 3.29. The molecule has 4 rings (SSSR count). The number of hydrogen-bond acceptors (Lipinski definition) is 5. The van der Waals surface area contributed by atoms with Crippen LogP contribution in [0.4, 0.5) is 14.5 Å². The van der Waals surface area contributed by atoms with Crippen molar-refractivity contribution in [1.29, 1.82) is 0 Å². The maximum absolute atomic E-state index is 16.4. The van der Waals surface area contributed by atoms with Crippen LogP contribution < -0.4 is 20.5 Å². The van der Waals surface area contributed by atoms with Crippen molar-refractivity contribution in [2.75, 3.05) is 20.0 Å². The monoisotopic (exact) mass is 502 g/mol. The molecule has 37 heavy (non-hydrogen) atoms. The van der Waals surface area contributed by atoms with Crippen molar-refractivity contribution >= 4 is 12.0 Å². The highest BCUT2D eigenvalue weighted by Crippen LogP contribution is 2.53. The third-order valence-corrected chi connectivity index (χ3v) is 6.24. The molecule has 0 heterocycles. The van der Waals surface area contributed by atoms with Gasteiger partial charge in [-0.3, -0.25) is 4.79 Å². The molecule has 0 unspecified atom stereocenters. The van der Waals surface area contributed by atoms with E-state index in [1.54, 1.807) is 42.5 Å². The van der Waals surface area contributed by atoms with E-state index in [0.29, 0.717) is 29.6 Å². The first-order chi connectivity index (χ1) is 17.9. The summed E-state index contributed by atoms with van der Waals surface area (Å²) < 4.78 is 43.9. The van der Waals surface area contributed by atoms with Gasteiger partial charge in [-0.1, -0.05) is 78.9 Å². The Kier molecular flexibility index (Phi) is 7.84. The lowest BCUT2D eigenvalue weighted by atomic mass is 9.84. The first kappa shape index (κ1) is 25.9. The number of ether oxygens (including phenoxy) is 2. The molecule has 0 aliphatic carbocycles. The van der Waals surface area contributed by atoms with Crippen molar-refractivity contribution in [3.8, 4) is 22.6 Å². The van der Waals surface area contributed by atoms with Crippen molar-refractivity contribution in [3.05, 3.63) is 113 Å². The number of nitrogens with one attached hydrogen (secondary N) is 1. The van der Waals surface area contributed by atoms with Gasteiger partial charge >= 0.3 is 5.92 Å². The molecule has 190 valence electrons. The van der Waals surface area contributed by atoms with Crippen LogP contribution in [0.15, 0.2) is 84.9 Å². The van der Waals surface area contributed by atoms with E-state index < -0.39 is 11.5 Å². The summed E-state index contributed by atoms with van der Waals surface area (Å²) in [5.41, 5.74) is 7.93. The molecule has 0 aromatic heterocycles. The van der Waals surface area contributed by atoms with Crippen LogP contribution in [0.2, 0.25) is 0 Å². The molecule has 4 aromatic carbocycles.